The summed E-state index contributed by atoms with van der Waals surface area (Å²) in [6, 6.07) is 6.44. The number of hydrogen-bond acceptors (Lipinski definition) is 1. The first-order chi connectivity index (χ1) is 9.76. The van der Waals surface area contributed by atoms with Gasteiger partial charge < -0.3 is 5.32 Å². The van der Waals surface area contributed by atoms with E-state index in [1.54, 1.807) is 12.1 Å². The van der Waals surface area contributed by atoms with E-state index in [1.165, 1.54) is 49.7 Å². The maximum Gasteiger partial charge on any atom is 0.123 e. The van der Waals surface area contributed by atoms with Crippen molar-refractivity contribution in [3.05, 3.63) is 35.1 Å². The van der Waals surface area contributed by atoms with E-state index in [1.807, 2.05) is 6.07 Å². The summed E-state index contributed by atoms with van der Waals surface area (Å²) >= 11 is 0. The van der Waals surface area contributed by atoms with E-state index >= 15 is 0 Å². The lowest BCUT2D eigenvalue weighted by molar-refractivity contribution is 0.262. The Bertz CT molecular complexity index is 449. The highest BCUT2D eigenvalue weighted by Gasteiger charge is 2.27. The molecule has 0 radical (unpaired) electrons. The molecule has 0 spiro atoms. The average molecular weight is 275 g/mol. The first-order valence-corrected chi connectivity index (χ1v) is 8.30. The van der Waals surface area contributed by atoms with Crippen molar-refractivity contribution in [2.45, 2.75) is 70.4 Å². The van der Waals surface area contributed by atoms with Crippen LogP contribution in [-0.4, -0.2) is 6.04 Å². The third kappa shape index (κ3) is 3.06. The zero-order valence-corrected chi connectivity index (χ0v) is 12.5. The Balaban J connectivity index is 1.56. The second kappa shape index (κ2) is 6.26. The summed E-state index contributed by atoms with van der Waals surface area (Å²) in [5.41, 5.74) is 2.55. The van der Waals surface area contributed by atoms with Gasteiger partial charge in [-0.05, 0) is 67.7 Å². The van der Waals surface area contributed by atoms with Crippen LogP contribution in [0.15, 0.2) is 18.2 Å². The van der Waals surface area contributed by atoms with E-state index in [9.17, 15) is 4.39 Å². The zero-order valence-electron chi connectivity index (χ0n) is 12.5. The van der Waals surface area contributed by atoms with Gasteiger partial charge in [0.2, 0.25) is 0 Å². The fourth-order valence-electron chi connectivity index (χ4n) is 4.07. The van der Waals surface area contributed by atoms with Gasteiger partial charge in [-0.15, -0.1) is 0 Å². The van der Waals surface area contributed by atoms with Crippen molar-refractivity contribution in [3.63, 3.8) is 0 Å². The molecule has 0 bridgehead atoms. The Kier molecular flexibility index (Phi) is 4.40. The fourth-order valence-corrected chi connectivity index (χ4v) is 4.07. The van der Waals surface area contributed by atoms with Gasteiger partial charge in [0, 0.05) is 12.1 Å². The monoisotopic (exact) mass is 275 g/mol. The van der Waals surface area contributed by atoms with Crippen LogP contribution < -0.4 is 5.32 Å². The van der Waals surface area contributed by atoms with Gasteiger partial charge in [0.05, 0.1) is 0 Å². The molecule has 1 unspecified atom stereocenters. The molecular formula is C18H26FN. The van der Waals surface area contributed by atoms with Crippen molar-refractivity contribution in [1.29, 1.82) is 0 Å². The van der Waals surface area contributed by atoms with E-state index in [-0.39, 0.29) is 5.82 Å². The molecule has 1 saturated carbocycles. The summed E-state index contributed by atoms with van der Waals surface area (Å²) in [4.78, 5) is 0. The second-order valence-corrected chi connectivity index (χ2v) is 6.61. The summed E-state index contributed by atoms with van der Waals surface area (Å²) in [5.74, 6) is 0.868. The SMILES string of the molecule is CCCC1CCC(NC2CCc3cc(F)ccc32)CC1. The zero-order chi connectivity index (χ0) is 13.9. The van der Waals surface area contributed by atoms with Crippen LogP contribution in [0.25, 0.3) is 0 Å². The third-order valence-electron chi connectivity index (χ3n) is 5.16. The van der Waals surface area contributed by atoms with Crippen molar-refractivity contribution >= 4 is 0 Å². The molecule has 1 aromatic carbocycles. The molecule has 0 saturated heterocycles. The van der Waals surface area contributed by atoms with Crippen LogP contribution in [0.3, 0.4) is 0 Å². The van der Waals surface area contributed by atoms with Gasteiger partial charge in [-0.25, -0.2) is 4.39 Å². The molecule has 1 aromatic rings. The minimum atomic E-state index is -0.0931. The lowest BCUT2D eigenvalue weighted by Crippen LogP contribution is -2.35. The first kappa shape index (κ1) is 14.1. The summed E-state index contributed by atoms with van der Waals surface area (Å²) in [6.07, 6.45) is 10.3. The van der Waals surface area contributed by atoms with Crippen LogP contribution in [0.5, 0.6) is 0 Å². The summed E-state index contributed by atoms with van der Waals surface area (Å²) < 4.78 is 13.2. The van der Waals surface area contributed by atoms with Crippen molar-refractivity contribution in [3.8, 4) is 0 Å². The van der Waals surface area contributed by atoms with Gasteiger partial charge in [-0.3, -0.25) is 0 Å². The predicted octanol–water partition coefficient (Wildman–Crippen LogP) is 4.76. The van der Waals surface area contributed by atoms with Gasteiger partial charge in [-0.2, -0.15) is 0 Å². The average Bonchev–Trinajstić information content (AvgIpc) is 2.83. The Hall–Kier alpha value is -0.890. The van der Waals surface area contributed by atoms with E-state index in [0.717, 1.165) is 18.8 Å². The van der Waals surface area contributed by atoms with Crippen LogP contribution in [0.2, 0.25) is 0 Å². The smallest absolute Gasteiger partial charge is 0.123 e. The van der Waals surface area contributed by atoms with E-state index < -0.39 is 0 Å². The van der Waals surface area contributed by atoms with Crippen LogP contribution in [0.1, 0.15) is 69.0 Å². The summed E-state index contributed by atoms with van der Waals surface area (Å²) in [6.45, 7) is 2.29. The molecule has 20 heavy (non-hydrogen) atoms. The molecule has 0 amide bonds. The Morgan fingerprint density at radius 1 is 1.15 bits per heavy atom. The summed E-state index contributed by atoms with van der Waals surface area (Å²) in [7, 11) is 0. The molecule has 1 N–H and O–H groups in total. The first-order valence-electron chi connectivity index (χ1n) is 8.30. The van der Waals surface area contributed by atoms with Crippen LogP contribution in [-0.2, 0) is 6.42 Å². The Labute approximate surface area is 122 Å². The van der Waals surface area contributed by atoms with Gasteiger partial charge in [0.25, 0.3) is 0 Å². The van der Waals surface area contributed by atoms with E-state index in [0.29, 0.717) is 12.1 Å². The number of fused-ring (bicyclic) bond motifs is 1. The number of benzene rings is 1. The standard InChI is InChI=1S/C18H26FN/c1-2-3-13-4-8-16(9-5-13)20-18-11-6-14-12-15(19)7-10-17(14)18/h7,10,12-13,16,18,20H,2-6,8-9,11H2,1H3. The van der Waals surface area contributed by atoms with Crippen molar-refractivity contribution in [2.75, 3.05) is 0 Å². The molecule has 0 aromatic heterocycles. The highest BCUT2D eigenvalue weighted by atomic mass is 19.1. The van der Waals surface area contributed by atoms with Crippen molar-refractivity contribution < 1.29 is 4.39 Å². The third-order valence-corrected chi connectivity index (χ3v) is 5.16. The highest BCUT2D eigenvalue weighted by Crippen LogP contribution is 2.34. The van der Waals surface area contributed by atoms with Crippen LogP contribution in [0.4, 0.5) is 4.39 Å². The van der Waals surface area contributed by atoms with Gasteiger partial charge >= 0.3 is 0 Å². The maximum absolute atomic E-state index is 13.2. The number of rotatable bonds is 4. The Morgan fingerprint density at radius 2 is 1.95 bits per heavy atom. The molecule has 1 nitrogen and oxygen atoms in total. The predicted molar refractivity (Wildman–Crippen MR) is 81.3 cm³/mol. The molecule has 0 aliphatic heterocycles. The van der Waals surface area contributed by atoms with Crippen LogP contribution >= 0.6 is 0 Å². The maximum atomic E-state index is 13.2. The molecule has 1 fully saturated rings. The topological polar surface area (TPSA) is 12.0 Å². The number of aryl methyl sites for hydroxylation is 1. The van der Waals surface area contributed by atoms with Gasteiger partial charge in [0.15, 0.2) is 0 Å². The van der Waals surface area contributed by atoms with Crippen molar-refractivity contribution in [2.24, 2.45) is 5.92 Å². The van der Waals surface area contributed by atoms with Gasteiger partial charge in [0.1, 0.15) is 5.82 Å². The minimum absolute atomic E-state index is 0.0931. The number of nitrogens with one attached hydrogen (secondary N) is 1. The highest BCUT2D eigenvalue weighted by molar-refractivity contribution is 5.35. The molecule has 2 heteroatoms. The largest absolute Gasteiger partial charge is 0.307 e. The quantitative estimate of drug-likeness (QED) is 0.835. The van der Waals surface area contributed by atoms with Crippen molar-refractivity contribution in [1.82, 2.24) is 5.32 Å². The number of halogens is 1. The summed E-state index contributed by atoms with van der Waals surface area (Å²) in [5, 5.41) is 3.83. The Morgan fingerprint density at radius 3 is 2.70 bits per heavy atom. The molecule has 1 atom stereocenters. The second-order valence-electron chi connectivity index (χ2n) is 6.61. The molecule has 2 aliphatic carbocycles. The lowest BCUT2D eigenvalue weighted by atomic mass is 9.83. The van der Waals surface area contributed by atoms with Gasteiger partial charge in [-0.1, -0.05) is 25.8 Å². The lowest BCUT2D eigenvalue weighted by Gasteiger charge is -2.31. The molecule has 110 valence electrons. The molecule has 3 rings (SSSR count). The fraction of sp³-hybridized carbons (Fsp3) is 0.667. The molecular weight excluding hydrogens is 249 g/mol. The molecule has 0 heterocycles. The minimum Gasteiger partial charge on any atom is -0.307 e. The normalized spacial score (nSPS) is 29.4. The van der Waals surface area contributed by atoms with Crippen LogP contribution in [0, 0.1) is 11.7 Å². The van der Waals surface area contributed by atoms with E-state index in [2.05, 4.69) is 12.2 Å². The number of hydrogen-bond donors (Lipinski definition) is 1. The molecule has 2 aliphatic rings. The van der Waals surface area contributed by atoms with E-state index in [4.69, 9.17) is 0 Å².